The second-order valence-electron chi connectivity index (χ2n) is 6.05. The highest BCUT2D eigenvalue weighted by Gasteiger charge is 2.16. The van der Waals surface area contributed by atoms with E-state index in [1.807, 2.05) is 36.4 Å². The molecule has 1 aromatic rings. The molecule has 1 aromatic carbocycles. The van der Waals surface area contributed by atoms with Crippen LogP contribution >= 0.6 is 0 Å². The molecule has 2 aliphatic heterocycles. The molecule has 0 aliphatic carbocycles. The summed E-state index contributed by atoms with van der Waals surface area (Å²) in [6.07, 6.45) is 5.17. The zero-order valence-corrected chi connectivity index (χ0v) is 13.9. The van der Waals surface area contributed by atoms with E-state index in [2.05, 4.69) is 0 Å². The maximum atomic E-state index is 11.4. The van der Waals surface area contributed by atoms with Gasteiger partial charge in [0.1, 0.15) is 6.61 Å². The van der Waals surface area contributed by atoms with E-state index in [1.54, 1.807) is 0 Å². The third-order valence-corrected chi connectivity index (χ3v) is 3.90. The lowest BCUT2D eigenvalue weighted by Gasteiger charge is -2.24. The zero-order valence-electron chi connectivity index (χ0n) is 13.9. The van der Waals surface area contributed by atoms with Crippen molar-refractivity contribution < 1.29 is 24.1 Å². The predicted molar refractivity (Wildman–Crippen MR) is 90.3 cm³/mol. The summed E-state index contributed by atoms with van der Waals surface area (Å²) in [5, 5.41) is 8.35. The number of hydrogen-bond acceptors (Lipinski definition) is 5. The molecule has 24 heavy (non-hydrogen) atoms. The lowest BCUT2D eigenvalue weighted by atomic mass is 10.0. The maximum Gasteiger partial charge on any atom is 0.330 e. The van der Waals surface area contributed by atoms with Crippen molar-refractivity contribution in [3.8, 4) is 0 Å². The number of benzene rings is 1. The van der Waals surface area contributed by atoms with Crippen molar-refractivity contribution in [3.63, 3.8) is 0 Å². The topological polar surface area (TPSA) is 65.0 Å². The van der Waals surface area contributed by atoms with Crippen molar-refractivity contribution in [1.82, 2.24) is 0 Å². The Hall–Kier alpha value is -1.69. The van der Waals surface area contributed by atoms with Crippen molar-refractivity contribution in [2.45, 2.75) is 19.4 Å². The van der Waals surface area contributed by atoms with Gasteiger partial charge in [-0.1, -0.05) is 36.4 Å². The van der Waals surface area contributed by atoms with Crippen LogP contribution in [0.25, 0.3) is 0 Å². The van der Waals surface area contributed by atoms with Crippen molar-refractivity contribution in [1.29, 1.82) is 0 Å². The molecular weight excluding hydrogens is 308 g/mol. The third-order valence-electron chi connectivity index (χ3n) is 3.90. The minimum absolute atomic E-state index is 0.283. The number of ether oxygens (including phenoxy) is 3. The van der Waals surface area contributed by atoms with Crippen LogP contribution in [0.2, 0.25) is 0 Å². The molecular formula is C19H26O5. The molecule has 0 bridgehead atoms. The first-order valence-corrected chi connectivity index (χ1v) is 8.41. The van der Waals surface area contributed by atoms with Crippen LogP contribution in [-0.2, 0) is 25.6 Å². The molecule has 0 radical (unpaired) electrons. The average Bonchev–Trinajstić information content (AvgIpc) is 2.53. The summed E-state index contributed by atoms with van der Waals surface area (Å²) in [5.41, 5.74) is 1.00. The first-order chi connectivity index (χ1) is 11.8. The normalized spacial score (nSPS) is 17.5. The van der Waals surface area contributed by atoms with Gasteiger partial charge in [-0.2, -0.15) is 0 Å². The highest BCUT2D eigenvalue weighted by atomic mass is 16.5. The van der Waals surface area contributed by atoms with Crippen LogP contribution in [0.1, 0.15) is 18.4 Å². The lowest BCUT2D eigenvalue weighted by Crippen LogP contribution is -2.27. The number of carbonyl (C=O) groups is 1. The quantitative estimate of drug-likeness (QED) is 0.612. The molecule has 2 heterocycles. The molecule has 2 aliphatic rings. The molecule has 5 nitrogen and oxygen atoms in total. The molecule has 3 rings (SSSR count). The van der Waals surface area contributed by atoms with Gasteiger partial charge in [0.15, 0.2) is 0 Å². The first-order valence-electron chi connectivity index (χ1n) is 8.41. The van der Waals surface area contributed by atoms with Gasteiger partial charge in [-0.15, -0.1) is 0 Å². The van der Waals surface area contributed by atoms with E-state index in [4.69, 9.17) is 19.3 Å². The number of aliphatic hydroxyl groups is 1. The molecule has 0 unspecified atom stereocenters. The maximum absolute atomic E-state index is 11.4. The fourth-order valence-corrected chi connectivity index (χ4v) is 2.19. The Kier molecular flexibility index (Phi) is 8.52. The monoisotopic (exact) mass is 334 g/mol. The van der Waals surface area contributed by atoms with Crippen LogP contribution in [-0.4, -0.2) is 44.1 Å². The molecule has 5 heteroatoms. The van der Waals surface area contributed by atoms with Crippen LogP contribution in [0.4, 0.5) is 0 Å². The molecule has 0 aromatic heterocycles. The molecule has 0 saturated carbocycles. The smallest absolute Gasteiger partial charge is 0.330 e. The van der Waals surface area contributed by atoms with E-state index in [1.165, 1.54) is 6.08 Å². The summed E-state index contributed by atoms with van der Waals surface area (Å²) in [4.78, 5) is 11.4. The Balaban J connectivity index is 0.000000249. The van der Waals surface area contributed by atoms with Crippen molar-refractivity contribution in [3.05, 3.63) is 48.0 Å². The van der Waals surface area contributed by atoms with Gasteiger partial charge >= 0.3 is 5.97 Å². The largest absolute Gasteiger partial charge is 0.458 e. The number of rotatable bonds is 7. The summed E-state index contributed by atoms with van der Waals surface area (Å²) < 4.78 is 15.0. The van der Waals surface area contributed by atoms with Crippen LogP contribution in [0.5, 0.6) is 0 Å². The Morgan fingerprint density at radius 3 is 2.29 bits per heavy atom. The van der Waals surface area contributed by atoms with Gasteiger partial charge in [-0.3, -0.25) is 0 Å². The Morgan fingerprint density at radius 2 is 1.79 bits per heavy atom. The predicted octanol–water partition coefficient (Wildman–Crippen LogP) is 2.34. The fourth-order valence-electron chi connectivity index (χ4n) is 2.19. The van der Waals surface area contributed by atoms with Crippen LogP contribution < -0.4 is 0 Å². The summed E-state index contributed by atoms with van der Waals surface area (Å²) >= 11 is 0. The van der Waals surface area contributed by atoms with E-state index in [0.717, 1.165) is 44.8 Å². The number of hydrogen-bond donors (Lipinski definition) is 1. The van der Waals surface area contributed by atoms with Crippen molar-refractivity contribution in [2.24, 2.45) is 11.8 Å². The summed E-state index contributed by atoms with van der Waals surface area (Å²) in [6, 6.07) is 9.66. The van der Waals surface area contributed by atoms with Gasteiger partial charge in [0.2, 0.25) is 0 Å². The number of esters is 1. The number of allylic oxidation sites excluding steroid dienone is 1. The van der Waals surface area contributed by atoms with Gasteiger partial charge in [0, 0.05) is 24.5 Å². The molecule has 2 fully saturated rings. The van der Waals surface area contributed by atoms with Crippen molar-refractivity contribution >= 4 is 5.97 Å². The molecule has 0 atom stereocenters. The summed E-state index contributed by atoms with van der Waals surface area (Å²) in [6.45, 7) is 3.98. The molecule has 132 valence electrons. The van der Waals surface area contributed by atoms with E-state index in [-0.39, 0.29) is 5.97 Å². The number of aliphatic hydroxyl groups excluding tert-OH is 1. The molecule has 1 N–H and O–H groups in total. The highest BCUT2D eigenvalue weighted by Crippen LogP contribution is 2.14. The minimum Gasteiger partial charge on any atom is -0.458 e. The van der Waals surface area contributed by atoms with Gasteiger partial charge in [0.25, 0.3) is 0 Å². The number of carbonyl (C=O) groups excluding carboxylic acids is 1. The standard InChI is InChI=1S/C14H16O3.C5H10O2/c15-14(8-4-7-13-9-16-10-13)17-11-12-5-2-1-3-6-12;6-2-1-5-3-7-4-5/h1-6,8,13H,7,9-11H2;5-6H,1-4H2/b8-4+;. The minimum atomic E-state index is -0.283. The molecule has 2 saturated heterocycles. The third kappa shape index (κ3) is 7.25. The first kappa shape index (κ1) is 18.6. The fraction of sp³-hybridized carbons (Fsp3) is 0.526. The molecule has 0 amide bonds. The van der Waals surface area contributed by atoms with E-state index < -0.39 is 0 Å². The SMILES string of the molecule is O=C(/C=C/CC1COC1)OCc1ccccc1.OCCC1COC1. The Labute approximate surface area is 143 Å². The van der Waals surface area contributed by atoms with Gasteiger partial charge in [-0.05, 0) is 18.4 Å². The van der Waals surface area contributed by atoms with E-state index in [9.17, 15) is 4.79 Å². The average molecular weight is 334 g/mol. The Morgan fingerprint density at radius 1 is 1.12 bits per heavy atom. The van der Waals surface area contributed by atoms with Crippen LogP contribution in [0.3, 0.4) is 0 Å². The van der Waals surface area contributed by atoms with E-state index >= 15 is 0 Å². The highest BCUT2D eigenvalue weighted by molar-refractivity contribution is 5.81. The molecule has 0 spiro atoms. The van der Waals surface area contributed by atoms with Gasteiger partial charge in [-0.25, -0.2) is 4.79 Å². The second-order valence-corrected chi connectivity index (χ2v) is 6.05. The van der Waals surface area contributed by atoms with Crippen LogP contribution in [0.15, 0.2) is 42.5 Å². The van der Waals surface area contributed by atoms with E-state index in [0.29, 0.717) is 25.0 Å². The van der Waals surface area contributed by atoms with Crippen molar-refractivity contribution in [2.75, 3.05) is 33.0 Å². The van der Waals surface area contributed by atoms with Gasteiger partial charge in [0.05, 0.1) is 26.4 Å². The second kappa shape index (κ2) is 11.0. The van der Waals surface area contributed by atoms with Gasteiger partial charge < -0.3 is 19.3 Å². The van der Waals surface area contributed by atoms with Crippen LogP contribution in [0, 0.1) is 11.8 Å². The summed E-state index contributed by atoms with van der Waals surface area (Å²) in [5.74, 6) is 0.951. The lowest BCUT2D eigenvalue weighted by molar-refractivity contribution is -0.139. The summed E-state index contributed by atoms with van der Waals surface area (Å²) in [7, 11) is 0. The Bertz CT molecular complexity index is 492. The zero-order chi connectivity index (χ0) is 17.0.